The second kappa shape index (κ2) is 7.50. The monoisotopic (exact) mass is 346 g/mol. The van der Waals surface area contributed by atoms with Crippen LogP contribution in [0.1, 0.15) is 25.7 Å². The lowest BCUT2D eigenvalue weighted by atomic mass is 9.95. The second-order valence-corrected chi connectivity index (χ2v) is 6.53. The van der Waals surface area contributed by atoms with Crippen molar-refractivity contribution in [3.63, 3.8) is 0 Å². The van der Waals surface area contributed by atoms with E-state index >= 15 is 0 Å². The summed E-state index contributed by atoms with van der Waals surface area (Å²) in [7, 11) is 0. The molecule has 134 valence electrons. The number of urea groups is 1. The Kier molecular flexibility index (Phi) is 5.16. The third-order valence-corrected chi connectivity index (χ3v) is 4.86. The molecule has 3 rings (SSSR count). The molecule has 25 heavy (non-hydrogen) atoms. The molecule has 8 heteroatoms. The van der Waals surface area contributed by atoms with Gasteiger partial charge in [-0.2, -0.15) is 0 Å². The van der Waals surface area contributed by atoms with Crippen molar-refractivity contribution in [2.75, 3.05) is 31.5 Å². The molecule has 0 spiro atoms. The number of anilines is 1. The van der Waals surface area contributed by atoms with Crippen molar-refractivity contribution in [1.82, 2.24) is 9.80 Å². The molecule has 0 unspecified atom stereocenters. The minimum absolute atomic E-state index is 0.0000345. The number of hydrogen-bond acceptors (Lipinski definition) is 4. The first-order chi connectivity index (χ1) is 12.0. The molecule has 1 aromatic carbocycles. The van der Waals surface area contributed by atoms with E-state index in [1.165, 1.54) is 18.2 Å². The van der Waals surface area contributed by atoms with E-state index in [4.69, 9.17) is 0 Å². The fraction of sp³-hybridized carbons (Fsp3) is 0.529. The number of benzene rings is 1. The van der Waals surface area contributed by atoms with Gasteiger partial charge in [0.15, 0.2) is 0 Å². The lowest BCUT2D eigenvalue weighted by molar-refractivity contribution is -0.384. The van der Waals surface area contributed by atoms with E-state index < -0.39 is 4.92 Å². The Labute approximate surface area is 145 Å². The van der Waals surface area contributed by atoms with E-state index in [2.05, 4.69) is 5.32 Å². The Morgan fingerprint density at radius 1 is 1.08 bits per heavy atom. The first kappa shape index (κ1) is 17.2. The highest BCUT2D eigenvalue weighted by molar-refractivity contribution is 5.90. The van der Waals surface area contributed by atoms with Gasteiger partial charge in [0.05, 0.1) is 4.92 Å². The first-order valence-corrected chi connectivity index (χ1v) is 8.64. The minimum atomic E-state index is -0.495. The number of likely N-dealkylation sites (tertiary alicyclic amines) is 2. The van der Waals surface area contributed by atoms with Crippen molar-refractivity contribution in [1.29, 1.82) is 0 Å². The van der Waals surface area contributed by atoms with Crippen LogP contribution in [0, 0.1) is 16.0 Å². The smallest absolute Gasteiger partial charge is 0.321 e. The lowest BCUT2D eigenvalue weighted by Gasteiger charge is -2.33. The first-order valence-electron chi connectivity index (χ1n) is 8.64. The Hall–Kier alpha value is -2.64. The van der Waals surface area contributed by atoms with Crippen molar-refractivity contribution in [3.05, 3.63) is 34.4 Å². The number of rotatable bonds is 3. The second-order valence-electron chi connectivity index (χ2n) is 6.53. The van der Waals surface area contributed by atoms with Gasteiger partial charge in [-0.05, 0) is 31.7 Å². The van der Waals surface area contributed by atoms with E-state index in [9.17, 15) is 19.7 Å². The summed E-state index contributed by atoms with van der Waals surface area (Å²) in [6, 6.07) is 5.59. The highest BCUT2D eigenvalue weighted by atomic mass is 16.6. The van der Waals surface area contributed by atoms with Gasteiger partial charge in [-0.25, -0.2) is 4.79 Å². The predicted octanol–water partition coefficient (Wildman–Crippen LogP) is 2.46. The number of piperidine rings is 1. The Morgan fingerprint density at radius 3 is 2.40 bits per heavy atom. The number of nitro benzene ring substituents is 1. The average Bonchev–Trinajstić information content (AvgIpc) is 3.16. The summed E-state index contributed by atoms with van der Waals surface area (Å²) in [5.74, 6) is 0.219. The van der Waals surface area contributed by atoms with Gasteiger partial charge in [-0.3, -0.25) is 14.9 Å². The van der Waals surface area contributed by atoms with Crippen LogP contribution in [0.3, 0.4) is 0 Å². The molecule has 1 aromatic rings. The molecule has 0 saturated carbocycles. The molecule has 2 saturated heterocycles. The van der Waals surface area contributed by atoms with Gasteiger partial charge < -0.3 is 15.1 Å². The van der Waals surface area contributed by atoms with Gasteiger partial charge >= 0.3 is 6.03 Å². The maximum Gasteiger partial charge on any atom is 0.321 e. The van der Waals surface area contributed by atoms with Crippen molar-refractivity contribution in [2.24, 2.45) is 5.92 Å². The largest absolute Gasteiger partial charge is 0.342 e. The molecule has 3 amide bonds. The van der Waals surface area contributed by atoms with Crippen LogP contribution in [0.5, 0.6) is 0 Å². The third-order valence-electron chi connectivity index (χ3n) is 4.86. The minimum Gasteiger partial charge on any atom is -0.342 e. The molecular formula is C17H22N4O4. The number of nitrogens with one attached hydrogen (secondary N) is 1. The molecule has 0 atom stereocenters. The predicted molar refractivity (Wildman–Crippen MR) is 92.2 cm³/mol. The molecule has 2 heterocycles. The van der Waals surface area contributed by atoms with Gasteiger partial charge in [0, 0.05) is 49.9 Å². The highest BCUT2D eigenvalue weighted by Crippen LogP contribution is 2.23. The average molecular weight is 346 g/mol. The van der Waals surface area contributed by atoms with Crippen molar-refractivity contribution < 1.29 is 14.5 Å². The van der Waals surface area contributed by atoms with Crippen LogP contribution in [0.2, 0.25) is 0 Å². The SMILES string of the molecule is O=C(Nc1cccc([N+](=O)[O-])c1)N1CCC(C(=O)N2CCCC2)CC1. The van der Waals surface area contributed by atoms with E-state index in [1.54, 1.807) is 11.0 Å². The zero-order chi connectivity index (χ0) is 17.8. The molecule has 1 N–H and O–H groups in total. The third kappa shape index (κ3) is 4.07. The molecule has 2 aliphatic rings. The summed E-state index contributed by atoms with van der Waals surface area (Å²) < 4.78 is 0. The highest BCUT2D eigenvalue weighted by Gasteiger charge is 2.31. The van der Waals surface area contributed by atoms with Crippen molar-refractivity contribution in [2.45, 2.75) is 25.7 Å². The lowest BCUT2D eigenvalue weighted by Crippen LogP contribution is -2.45. The molecule has 2 aliphatic heterocycles. The van der Waals surface area contributed by atoms with Crippen LogP contribution in [0.25, 0.3) is 0 Å². The molecule has 2 fully saturated rings. The molecular weight excluding hydrogens is 324 g/mol. The summed E-state index contributed by atoms with van der Waals surface area (Å²) in [6.07, 6.45) is 3.49. The Bertz CT molecular complexity index is 664. The van der Waals surface area contributed by atoms with Crippen LogP contribution >= 0.6 is 0 Å². The quantitative estimate of drug-likeness (QED) is 0.672. The maximum absolute atomic E-state index is 12.4. The summed E-state index contributed by atoms with van der Waals surface area (Å²) in [4.78, 5) is 38.6. The van der Waals surface area contributed by atoms with Gasteiger partial charge in [0.1, 0.15) is 0 Å². The van der Waals surface area contributed by atoms with Gasteiger partial charge in [0.25, 0.3) is 5.69 Å². The van der Waals surface area contributed by atoms with E-state index in [-0.39, 0.29) is 23.5 Å². The molecule has 0 aliphatic carbocycles. The summed E-state index contributed by atoms with van der Waals surface area (Å²) in [5, 5.41) is 13.5. The van der Waals surface area contributed by atoms with Crippen LogP contribution in [0.4, 0.5) is 16.2 Å². The van der Waals surface area contributed by atoms with Crippen molar-refractivity contribution >= 4 is 23.3 Å². The maximum atomic E-state index is 12.4. The topological polar surface area (TPSA) is 95.8 Å². The van der Waals surface area contributed by atoms with Crippen LogP contribution in [-0.4, -0.2) is 52.8 Å². The standard InChI is InChI=1S/C17H22N4O4/c22-16(19-8-1-2-9-19)13-6-10-20(11-7-13)17(23)18-14-4-3-5-15(12-14)21(24)25/h3-5,12-13H,1-2,6-11H2,(H,18,23). The van der Waals surface area contributed by atoms with Crippen LogP contribution in [-0.2, 0) is 4.79 Å². The summed E-state index contributed by atoms with van der Waals surface area (Å²) >= 11 is 0. The van der Waals surface area contributed by atoms with Crippen LogP contribution < -0.4 is 5.32 Å². The fourth-order valence-electron chi connectivity index (χ4n) is 3.43. The van der Waals surface area contributed by atoms with E-state index in [0.29, 0.717) is 31.6 Å². The fourth-order valence-corrected chi connectivity index (χ4v) is 3.43. The van der Waals surface area contributed by atoms with Crippen LogP contribution in [0.15, 0.2) is 24.3 Å². The number of amides is 3. The van der Waals surface area contributed by atoms with Gasteiger partial charge in [0.2, 0.25) is 5.91 Å². The molecule has 0 radical (unpaired) electrons. The number of non-ortho nitro benzene ring substituents is 1. The Morgan fingerprint density at radius 2 is 1.76 bits per heavy atom. The zero-order valence-corrected chi connectivity index (χ0v) is 14.0. The zero-order valence-electron chi connectivity index (χ0n) is 14.0. The molecule has 0 bridgehead atoms. The normalized spacial score (nSPS) is 18.2. The summed E-state index contributed by atoms with van der Waals surface area (Å²) in [5.41, 5.74) is 0.335. The van der Waals surface area contributed by atoms with Gasteiger partial charge in [-0.15, -0.1) is 0 Å². The number of carbonyl (C=O) groups is 2. The number of carbonyl (C=O) groups excluding carboxylic acids is 2. The number of nitrogens with zero attached hydrogens (tertiary/aromatic N) is 3. The molecule has 0 aromatic heterocycles. The van der Waals surface area contributed by atoms with Gasteiger partial charge in [-0.1, -0.05) is 6.07 Å². The van der Waals surface area contributed by atoms with E-state index in [1.807, 2.05) is 4.90 Å². The summed E-state index contributed by atoms with van der Waals surface area (Å²) in [6.45, 7) is 2.74. The Balaban J connectivity index is 1.52. The number of nitro groups is 1. The number of hydrogen-bond donors (Lipinski definition) is 1. The van der Waals surface area contributed by atoms with Crippen molar-refractivity contribution in [3.8, 4) is 0 Å². The molecule has 8 nitrogen and oxygen atoms in total. The van der Waals surface area contributed by atoms with E-state index in [0.717, 1.165) is 25.9 Å².